The van der Waals surface area contributed by atoms with Gasteiger partial charge in [0.2, 0.25) is 11.8 Å². The molecule has 2 unspecified atom stereocenters. The lowest BCUT2D eigenvalue weighted by Crippen LogP contribution is -2.61. The van der Waals surface area contributed by atoms with Crippen LogP contribution in [0.1, 0.15) is 25.5 Å². The van der Waals surface area contributed by atoms with E-state index in [0.29, 0.717) is 12.3 Å². The summed E-state index contributed by atoms with van der Waals surface area (Å²) in [4.78, 5) is 25.8. The molecule has 102 valence electrons. The van der Waals surface area contributed by atoms with Crippen LogP contribution in [0, 0.1) is 5.92 Å². The number of rotatable bonds is 4. The Bertz CT molecular complexity index is 479. The van der Waals surface area contributed by atoms with E-state index in [-0.39, 0.29) is 30.4 Å². The SMILES string of the molecule is CC(Cc1ccco1)N1CC(=O)NC(C2CC2)C1=O. The molecule has 1 aromatic rings. The second-order valence-corrected chi connectivity index (χ2v) is 5.48. The third kappa shape index (κ3) is 2.50. The maximum Gasteiger partial charge on any atom is 0.246 e. The smallest absolute Gasteiger partial charge is 0.246 e. The molecule has 1 aromatic heterocycles. The molecular formula is C14H18N2O3. The molecule has 2 atom stereocenters. The normalized spacial score (nSPS) is 25.3. The van der Waals surface area contributed by atoms with Gasteiger partial charge in [0.05, 0.1) is 12.8 Å². The highest BCUT2D eigenvalue weighted by Crippen LogP contribution is 2.34. The van der Waals surface area contributed by atoms with Gasteiger partial charge in [-0.1, -0.05) is 0 Å². The minimum Gasteiger partial charge on any atom is -0.469 e. The highest BCUT2D eigenvalue weighted by atomic mass is 16.3. The van der Waals surface area contributed by atoms with Crippen LogP contribution < -0.4 is 5.32 Å². The fourth-order valence-corrected chi connectivity index (χ4v) is 2.64. The average Bonchev–Trinajstić information content (AvgIpc) is 3.10. The van der Waals surface area contributed by atoms with E-state index >= 15 is 0 Å². The van der Waals surface area contributed by atoms with Crippen LogP contribution in [0.15, 0.2) is 22.8 Å². The molecule has 1 saturated heterocycles. The summed E-state index contributed by atoms with van der Waals surface area (Å²) in [7, 11) is 0. The lowest BCUT2D eigenvalue weighted by molar-refractivity contribution is -0.147. The Balaban J connectivity index is 1.70. The quantitative estimate of drug-likeness (QED) is 0.878. The van der Waals surface area contributed by atoms with Gasteiger partial charge >= 0.3 is 0 Å². The Kier molecular flexibility index (Phi) is 3.05. The molecule has 1 aliphatic carbocycles. The second kappa shape index (κ2) is 4.72. The first-order valence-electron chi connectivity index (χ1n) is 6.77. The second-order valence-electron chi connectivity index (χ2n) is 5.48. The van der Waals surface area contributed by atoms with E-state index in [2.05, 4.69) is 5.32 Å². The number of piperazine rings is 1. The molecular weight excluding hydrogens is 244 g/mol. The van der Waals surface area contributed by atoms with Crippen molar-refractivity contribution in [2.75, 3.05) is 6.54 Å². The summed E-state index contributed by atoms with van der Waals surface area (Å²) >= 11 is 0. The van der Waals surface area contributed by atoms with Crippen LogP contribution >= 0.6 is 0 Å². The van der Waals surface area contributed by atoms with Crippen LogP contribution in [0.25, 0.3) is 0 Å². The van der Waals surface area contributed by atoms with Crippen molar-refractivity contribution >= 4 is 11.8 Å². The molecule has 3 rings (SSSR count). The van der Waals surface area contributed by atoms with E-state index in [9.17, 15) is 9.59 Å². The first-order valence-corrected chi connectivity index (χ1v) is 6.77. The molecule has 1 aliphatic heterocycles. The molecule has 0 spiro atoms. The first kappa shape index (κ1) is 12.3. The standard InChI is InChI=1S/C14H18N2O3/c1-9(7-11-3-2-6-19-11)16-8-12(17)15-13(14(16)18)10-4-5-10/h2-3,6,9-10,13H,4-5,7-8H2,1H3,(H,15,17). The van der Waals surface area contributed by atoms with E-state index < -0.39 is 0 Å². The lowest BCUT2D eigenvalue weighted by atomic mass is 10.0. The Morgan fingerprint density at radius 1 is 1.47 bits per heavy atom. The summed E-state index contributed by atoms with van der Waals surface area (Å²) < 4.78 is 5.31. The van der Waals surface area contributed by atoms with Crippen LogP contribution in [0.4, 0.5) is 0 Å². The number of hydrogen-bond donors (Lipinski definition) is 1. The van der Waals surface area contributed by atoms with Gasteiger partial charge in [0.15, 0.2) is 0 Å². The van der Waals surface area contributed by atoms with Crippen LogP contribution in [0.3, 0.4) is 0 Å². The zero-order chi connectivity index (χ0) is 13.4. The molecule has 1 N–H and O–H groups in total. The molecule has 1 saturated carbocycles. The largest absolute Gasteiger partial charge is 0.469 e. The van der Waals surface area contributed by atoms with Gasteiger partial charge in [-0.3, -0.25) is 9.59 Å². The van der Waals surface area contributed by atoms with Gasteiger partial charge in [-0.25, -0.2) is 0 Å². The van der Waals surface area contributed by atoms with Crippen molar-refractivity contribution in [1.29, 1.82) is 0 Å². The highest BCUT2D eigenvalue weighted by molar-refractivity contribution is 5.95. The maximum absolute atomic E-state index is 12.4. The van der Waals surface area contributed by atoms with Crippen LogP contribution in [-0.2, 0) is 16.0 Å². The molecule has 0 radical (unpaired) electrons. The van der Waals surface area contributed by atoms with E-state index in [1.54, 1.807) is 11.2 Å². The molecule has 5 heteroatoms. The molecule has 0 bridgehead atoms. The van der Waals surface area contributed by atoms with Crippen molar-refractivity contribution in [3.05, 3.63) is 24.2 Å². The zero-order valence-electron chi connectivity index (χ0n) is 11.0. The van der Waals surface area contributed by atoms with E-state index in [1.807, 2.05) is 19.1 Å². The van der Waals surface area contributed by atoms with Crippen molar-refractivity contribution in [3.8, 4) is 0 Å². The third-order valence-electron chi connectivity index (χ3n) is 3.88. The summed E-state index contributed by atoms with van der Waals surface area (Å²) in [5, 5.41) is 2.82. The summed E-state index contributed by atoms with van der Waals surface area (Å²) in [6.45, 7) is 2.12. The maximum atomic E-state index is 12.4. The molecule has 2 aliphatic rings. The third-order valence-corrected chi connectivity index (χ3v) is 3.88. The van der Waals surface area contributed by atoms with Crippen molar-refractivity contribution in [2.24, 2.45) is 5.92 Å². The summed E-state index contributed by atoms with van der Waals surface area (Å²) in [5.41, 5.74) is 0. The fourth-order valence-electron chi connectivity index (χ4n) is 2.64. The lowest BCUT2D eigenvalue weighted by Gasteiger charge is -2.36. The van der Waals surface area contributed by atoms with Gasteiger partial charge < -0.3 is 14.6 Å². The van der Waals surface area contributed by atoms with E-state index in [0.717, 1.165) is 18.6 Å². The van der Waals surface area contributed by atoms with Crippen molar-refractivity contribution < 1.29 is 14.0 Å². The summed E-state index contributed by atoms with van der Waals surface area (Å²) in [6, 6.07) is 3.40. The number of carbonyl (C=O) groups excluding carboxylic acids is 2. The Morgan fingerprint density at radius 2 is 2.26 bits per heavy atom. The number of hydrogen-bond acceptors (Lipinski definition) is 3. The van der Waals surface area contributed by atoms with Crippen LogP contribution in [-0.4, -0.2) is 35.3 Å². The van der Waals surface area contributed by atoms with E-state index in [4.69, 9.17) is 4.42 Å². The molecule has 2 amide bonds. The predicted octanol–water partition coefficient (Wildman–Crippen LogP) is 0.948. The van der Waals surface area contributed by atoms with Gasteiger partial charge in [-0.2, -0.15) is 0 Å². The van der Waals surface area contributed by atoms with Gasteiger partial charge in [-0.15, -0.1) is 0 Å². The fraction of sp³-hybridized carbons (Fsp3) is 0.571. The van der Waals surface area contributed by atoms with Crippen LogP contribution in [0.2, 0.25) is 0 Å². The Morgan fingerprint density at radius 3 is 2.89 bits per heavy atom. The van der Waals surface area contributed by atoms with Crippen molar-refractivity contribution in [3.63, 3.8) is 0 Å². The van der Waals surface area contributed by atoms with E-state index in [1.165, 1.54) is 0 Å². The van der Waals surface area contributed by atoms with Crippen molar-refractivity contribution in [1.82, 2.24) is 10.2 Å². The van der Waals surface area contributed by atoms with Gasteiger partial charge in [0, 0.05) is 12.5 Å². The van der Waals surface area contributed by atoms with Crippen LogP contribution in [0.5, 0.6) is 0 Å². The highest BCUT2D eigenvalue weighted by Gasteiger charge is 2.43. The predicted molar refractivity (Wildman–Crippen MR) is 68.2 cm³/mol. The molecule has 2 fully saturated rings. The van der Waals surface area contributed by atoms with Gasteiger partial charge in [0.25, 0.3) is 0 Å². The number of carbonyl (C=O) groups is 2. The summed E-state index contributed by atoms with van der Waals surface area (Å²) in [5.74, 6) is 1.19. The number of nitrogens with zero attached hydrogens (tertiary/aromatic N) is 1. The van der Waals surface area contributed by atoms with Crippen molar-refractivity contribution in [2.45, 2.75) is 38.3 Å². The number of furan rings is 1. The zero-order valence-corrected chi connectivity index (χ0v) is 11.0. The van der Waals surface area contributed by atoms with Gasteiger partial charge in [-0.05, 0) is 37.8 Å². The number of amides is 2. The first-order chi connectivity index (χ1) is 9.15. The minimum absolute atomic E-state index is 0.0223. The molecule has 2 heterocycles. The molecule has 0 aromatic carbocycles. The Hall–Kier alpha value is -1.78. The monoisotopic (exact) mass is 262 g/mol. The summed E-state index contributed by atoms with van der Waals surface area (Å²) in [6.07, 6.45) is 4.34. The molecule has 5 nitrogen and oxygen atoms in total. The minimum atomic E-state index is -0.305. The Labute approximate surface area is 111 Å². The topological polar surface area (TPSA) is 62.6 Å². The molecule has 19 heavy (non-hydrogen) atoms. The average molecular weight is 262 g/mol. The van der Waals surface area contributed by atoms with Gasteiger partial charge in [0.1, 0.15) is 11.8 Å². The number of nitrogens with one attached hydrogen (secondary N) is 1.